The summed E-state index contributed by atoms with van der Waals surface area (Å²) in [6.07, 6.45) is 3.16. The number of hydrogen-bond donors (Lipinski definition) is 1. The molecule has 0 radical (unpaired) electrons. The first-order valence-corrected chi connectivity index (χ1v) is 11.2. The molecular formula is C28H22N2O5. The van der Waals surface area contributed by atoms with Gasteiger partial charge in [-0.25, -0.2) is 4.79 Å². The Hall–Kier alpha value is -4.65. The highest BCUT2D eigenvalue weighted by molar-refractivity contribution is 6.17. The van der Waals surface area contributed by atoms with Crippen LogP contribution in [0.15, 0.2) is 89.7 Å². The molecule has 0 spiro atoms. The molecule has 0 aliphatic heterocycles. The number of ketones is 1. The molecule has 35 heavy (non-hydrogen) atoms. The molecule has 0 saturated heterocycles. The lowest BCUT2D eigenvalue weighted by molar-refractivity contribution is 0.0528. The van der Waals surface area contributed by atoms with Crippen molar-refractivity contribution in [3.8, 4) is 0 Å². The molecule has 0 unspecified atom stereocenters. The number of nitrogens with one attached hydrogen (secondary N) is 1. The zero-order valence-corrected chi connectivity index (χ0v) is 19.0. The van der Waals surface area contributed by atoms with E-state index in [1.165, 1.54) is 12.3 Å². The molecule has 0 aliphatic carbocycles. The molecule has 7 nitrogen and oxygen atoms in total. The summed E-state index contributed by atoms with van der Waals surface area (Å²) in [4.78, 5) is 39.2. The van der Waals surface area contributed by atoms with Crippen LogP contribution in [0, 0.1) is 0 Å². The fraction of sp³-hybridized carbons (Fsp3) is 0.107. The fourth-order valence-corrected chi connectivity index (χ4v) is 4.13. The van der Waals surface area contributed by atoms with E-state index in [-0.39, 0.29) is 30.4 Å². The monoisotopic (exact) mass is 466 g/mol. The van der Waals surface area contributed by atoms with Crippen molar-refractivity contribution in [1.29, 1.82) is 0 Å². The molecule has 0 atom stereocenters. The topological polar surface area (TPSA) is 90.0 Å². The number of ether oxygens (including phenoxy) is 1. The van der Waals surface area contributed by atoms with Gasteiger partial charge in [-0.05, 0) is 48.0 Å². The van der Waals surface area contributed by atoms with Crippen molar-refractivity contribution in [2.24, 2.45) is 0 Å². The summed E-state index contributed by atoms with van der Waals surface area (Å²) in [6, 6.07) is 21.4. The number of rotatable bonds is 7. The quantitative estimate of drug-likeness (QED) is 0.269. The summed E-state index contributed by atoms with van der Waals surface area (Å²) < 4.78 is 12.1. The highest BCUT2D eigenvalue weighted by Gasteiger charge is 2.23. The average molecular weight is 466 g/mol. The van der Waals surface area contributed by atoms with Gasteiger partial charge >= 0.3 is 5.97 Å². The van der Waals surface area contributed by atoms with Crippen LogP contribution in [0.1, 0.15) is 49.5 Å². The SMILES string of the molecule is CCOC(=O)c1cc(C(=O)c2cccc3ccccc23)n2ccc(C(=O)NCc3ccco3)cc12. The van der Waals surface area contributed by atoms with E-state index in [0.29, 0.717) is 28.1 Å². The third-order valence-electron chi connectivity index (χ3n) is 5.80. The minimum absolute atomic E-state index is 0.187. The second kappa shape index (κ2) is 9.30. The van der Waals surface area contributed by atoms with Crippen LogP contribution >= 0.6 is 0 Å². The number of pyridine rings is 1. The Labute approximate surface area is 200 Å². The number of aromatic nitrogens is 1. The van der Waals surface area contributed by atoms with Crippen LogP contribution in [0.2, 0.25) is 0 Å². The van der Waals surface area contributed by atoms with Gasteiger partial charge in [-0.3, -0.25) is 9.59 Å². The number of benzene rings is 2. The highest BCUT2D eigenvalue weighted by atomic mass is 16.5. The molecule has 3 heterocycles. The van der Waals surface area contributed by atoms with Gasteiger partial charge in [-0.15, -0.1) is 0 Å². The van der Waals surface area contributed by atoms with Crippen LogP contribution in [0.5, 0.6) is 0 Å². The number of carbonyl (C=O) groups excluding carboxylic acids is 3. The Bertz CT molecular complexity index is 1560. The Kier molecular flexibility index (Phi) is 5.89. The third kappa shape index (κ3) is 4.19. The Morgan fingerprint density at radius 1 is 0.943 bits per heavy atom. The van der Waals surface area contributed by atoms with E-state index in [1.807, 2.05) is 36.4 Å². The van der Waals surface area contributed by atoms with Gasteiger partial charge in [0.25, 0.3) is 5.91 Å². The lowest BCUT2D eigenvalue weighted by Crippen LogP contribution is -2.22. The average Bonchev–Trinajstić information content (AvgIpc) is 3.54. The summed E-state index contributed by atoms with van der Waals surface area (Å²) in [6.45, 7) is 2.13. The minimum Gasteiger partial charge on any atom is -0.467 e. The van der Waals surface area contributed by atoms with Gasteiger partial charge in [0, 0.05) is 17.3 Å². The first-order chi connectivity index (χ1) is 17.1. The lowest BCUT2D eigenvalue weighted by atomic mass is 10.00. The smallest absolute Gasteiger partial charge is 0.340 e. The van der Waals surface area contributed by atoms with Crippen molar-refractivity contribution in [2.45, 2.75) is 13.5 Å². The van der Waals surface area contributed by atoms with Crippen LogP contribution in [-0.2, 0) is 11.3 Å². The number of hydrogen-bond acceptors (Lipinski definition) is 5. The summed E-state index contributed by atoms with van der Waals surface area (Å²) >= 11 is 0. The maximum atomic E-state index is 13.7. The molecule has 5 rings (SSSR count). The molecule has 7 heteroatoms. The van der Waals surface area contributed by atoms with E-state index in [4.69, 9.17) is 9.15 Å². The molecule has 0 fully saturated rings. The van der Waals surface area contributed by atoms with Gasteiger partial charge in [0.2, 0.25) is 5.78 Å². The number of esters is 1. The normalized spacial score (nSPS) is 11.0. The maximum Gasteiger partial charge on any atom is 0.340 e. The largest absolute Gasteiger partial charge is 0.467 e. The molecule has 1 amide bonds. The van der Waals surface area contributed by atoms with Gasteiger partial charge in [0.05, 0.1) is 36.2 Å². The molecule has 2 aromatic carbocycles. The summed E-state index contributed by atoms with van der Waals surface area (Å²) in [5.41, 5.74) is 1.81. The first kappa shape index (κ1) is 22.2. The zero-order valence-electron chi connectivity index (χ0n) is 19.0. The molecule has 5 aromatic rings. The van der Waals surface area contributed by atoms with Crippen molar-refractivity contribution in [2.75, 3.05) is 6.61 Å². The van der Waals surface area contributed by atoms with Crippen LogP contribution in [0.3, 0.4) is 0 Å². The van der Waals surface area contributed by atoms with Gasteiger partial charge in [-0.1, -0.05) is 42.5 Å². The predicted octanol–water partition coefficient (Wildman–Crippen LogP) is 5.02. The van der Waals surface area contributed by atoms with Crippen molar-refractivity contribution in [3.05, 3.63) is 113 Å². The highest BCUT2D eigenvalue weighted by Crippen LogP contribution is 2.26. The van der Waals surface area contributed by atoms with E-state index in [0.717, 1.165) is 10.8 Å². The van der Waals surface area contributed by atoms with Crippen molar-refractivity contribution in [3.63, 3.8) is 0 Å². The second-order valence-electron chi connectivity index (χ2n) is 7.95. The van der Waals surface area contributed by atoms with Gasteiger partial charge in [0.1, 0.15) is 5.76 Å². The van der Waals surface area contributed by atoms with Crippen LogP contribution in [0.4, 0.5) is 0 Å². The van der Waals surface area contributed by atoms with E-state index in [2.05, 4.69) is 5.32 Å². The number of furan rings is 1. The molecule has 3 aromatic heterocycles. The third-order valence-corrected chi connectivity index (χ3v) is 5.80. The number of amides is 1. The molecule has 0 aliphatic rings. The molecule has 1 N–H and O–H groups in total. The molecule has 0 bridgehead atoms. The Balaban J connectivity index is 1.57. The summed E-state index contributed by atoms with van der Waals surface area (Å²) in [5.74, 6) is -0.503. The van der Waals surface area contributed by atoms with Crippen LogP contribution in [-0.4, -0.2) is 28.7 Å². The number of fused-ring (bicyclic) bond motifs is 2. The Morgan fingerprint density at radius 2 is 1.77 bits per heavy atom. The number of nitrogens with zero attached hydrogens (tertiary/aromatic N) is 1. The van der Waals surface area contributed by atoms with Crippen molar-refractivity contribution in [1.82, 2.24) is 9.72 Å². The van der Waals surface area contributed by atoms with E-state index >= 15 is 0 Å². The van der Waals surface area contributed by atoms with Crippen LogP contribution in [0.25, 0.3) is 16.3 Å². The lowest BCUT2D eigenvalue weighted by Gasteiger charge is -2.08. The predicted molar refractivity (Wildman–Crippen MR) is 131 cm³/mol. The summed E-state index contributed by atoms with van der Waals surface area (Å²) in [5, 5.41) is 4.56. The van der Waals surface area contributed by atoms with Gasteiger partial charge in [-0.2, -0.15) is 0 Å². The second-order valence-corrected chi connectivity index (χ2v) is 7.95. The standard InChI is InChI=1S/C28H22N2O5/c1-2-34-28(33)23-16-25(26(31)22-11-5-8-18-7-3-4-10-21(18)22)30-13-12-19(15-24(23)30)27(32)29-17-20-9-6-14-35-20/h3-16H,2,17H2,1H3,(H,29,32). The first-order valence-electron chi connectivity index (χ1n) is 11.2. The van der Waals surface area contributed by atoms with Crippen LogP contribution < -0.4 is 5.32 Å². The molecular weight excluding hydrogens is 444 g/mol. The van der Waals surface area contributed by atoms with Crippen molar-refractivity contribution < 1.29 is 23.5 Å². The minimum atomic E-state index is -0.560. The zero-order chi connectivity index (χ0) is 24.4. The van der Waals surface area contributed by atoms with Gasteiger partial charge in [0.15, 0.2) is 0 Å². The Morgan fingerprint density at radius 3 is 2.57 bits per heavy atom. The fourth-order valence-electron chi connectivity index (χ4n) is 4.13. The van der Waals surface area contributed by atoms with Gasteiger partial charge < -0.3 is 18.9 Å². The number of carbonyl (C=O) groups is 3. The van der Waals surface area contributed by atoms with E-state index < -0.39 is 5.97 Å². The summed E-state index contributed by atoms with van der Waals surface area (Å²) in [7, 11) is 0. The van der Waals surface area contributed by atoms with Crippen molar-refractivity contribution >= 4 is 33.9 Å². The molecule has 0 saturated carbocycles. The van der Waals surface area contributed by atoms with E-state index in [1.54, 1.807) is 47.9 Å². The van der Waals surface area contributed by atoms with E-state index in [9.17, 15) is 14.4 Å². The molecule has 174 valence electrons. The maximum absolute atomic E-state index is 13.7.